The van der Waals surface area contributed by atoms with Gasteiger partial charge < -0.3 is 15.8 Å². The van der Waals surface area contributed by atoms with Crippen LogP contribution in [0, 0.1) is 0 Å². The van der Waals surface area contributed by atoms with Gasteiger partial charge >= 0.3 is 0 Å². The number of benzene rings is 2. The van der Waals surface area contributed by atoms with E-state index in [1.54, 1.807) is 54.4 Å². The second kappa shape index (κ2) is 7.77. The molecule has 3 N–H and O–H groups in total. The summed E-state index contributed by atoms with van der Waals surface area (Å²) in [5.41, 5.74) is 9.31. The fourth-order valence-corrected chi connectivity index (χ4v) is 3.56. The lowest BCUT2D eigenvalue weighted by Gasteiger charge is -2.12. The van der Waals surface area contributed by atoms with Crippen LogP contribution < -0.4 is 15.8 Å². The molecule has 1 aliphatic carbocycles. The lowest BCUT2D eigenvalue weighted by Crippen LogP contribution is -2.25. The highest BCUT2D eigenvalue weighted by Crippen LogP contribution is 2.30. The van der Waals surface area contributed by atoms with Gasteiger partial charge in [-0.05, 0) is 43.2 Å². The maximum absolute atomic E-state index is 12.6. The first-order valence-corrected chi connectivity index (χ1v) is 10.1. The molecule has 0 bridgehead atoms. The summed E-state index contributed by atoms with van der Waals surface area (Å²) in [7, 11) is 1.57. The van der Waals surface area contributed by atoms with E-state index in [9.17, 15) is 9.59 Å². The maximum atomic E-state index is 12.6. The van der Waals surface area contributed by atoms with Gasteiger partial charge in [0.25, 0.3) is 5.91 Å². The standard InChI is InChI=1S/C23H20N6O3/c1-32-18-8-5-15(23(31)28-16-6-7-16)10-17(18)29-12-27-20-19(25-11-26-22(20)29)13-3-2-4-14(9-13)21(24)30/h2-5,8-12,16H,6-7H2,1H3,(H2,24,30)(H,28,31). The Balaban J connectivity index is 1.62. The molecule has 1 saturated carbocycles. The molecule has 9 heteroatoms. The third-order valence-corrected chi connectivity index (χ3v) is 5.37. The summed E-state index contributed by atoms with van der Waals surface area (Å²) in [5, 5.41) is 2.99. The number of ether oxygens (including phenoxy) is 1. The van der Waals surface area contributed by atoms with Crippen LogP contribution >= 0.6 is 0 Å². The third-order valence-electron chi connectivity index (χ3n) is 5.37. The molecule has 0 aliphatic heterocycles. The number of nitrogens with zero attached hydrogens (tertiary/aromatic N) is 4. The molecule has 2 aromatic heterocycles. The quantitative estimate of drug-likeness (QED) is 0.486. The number of nitrogens with two attached hydrogens (primary N) is 1. The first kappa shape index (κ1) is 19.7. The van der Waals surface area contributed by atoms with Gasteiger partial charge in [0.15, 0.2) is 5.65 Å². The van der Waals surface area contributed by atoms with Crippen molar-refractivity contribution in [2.45, 2.75) is 18.9 Å². The highest BCUT2D eigenvalue weighted by molar-refractivity contribution is 5.97. The molecule has 2 heterocycles. The Hall–Kier alpha value is -4.27. The van der Waals surface area contributed by atoms with Crippen molar-refractivity contribution in [2.75, 3.05) is 7.11 Å². The molecule has 0 saturated heterocycles. The number of aromatic nitrogens is 4. The van der Waals surface area contributed by atoms with Gasteiger partial charge in [0.1, 0.15) is 29.6 Å². The van der Waals surface area contributed by atoms with Gasteiger partial charge in [-0.1, -0.05) is 12.1 Å². The van der Waals surface area contributed by atoms with Crippen molar-refractivity contribution < 1.29 is 14.3 Å². The van der Waals surface area contributed by atoms with E-state index < -0.39 is 5.91 Å². The summed E-state index contributed by atoms with van der Waals surface area (Å²) in [5.74, 6) is -0.0729. The molecule has 0 spiro atoms. The van der Waals surface area contributed by atoms with Crippen LogP contribution in [0.3, 0.4) is 0 Å². The number of carbonyl (C=O) groups excluding carboxylic acids is 2. The minimum atomic E-state index is -0.520. The molecule has 0 unspecified atom stereocenters. The van der Waals surface area contributed by atoms with Gasteiger partial charge in [-0.2, -0.15) is 0 Å². The second-order valence-electron chi connectivity index (χ2n) is 7.59. The van der Waals surface area contributed by atoms with Crippen LogP contribution in [0.25, 0.3) is 28.1 Å². The van der Waals surface area contributed by atoms with Crippen molar-refractivity contribution >= 4 is 23.0 Å². The molecule has 32 heavy (non-hydrogen) atoms. The summed E-state index contributed by atoms with van der Waals surface area (Å²) in [4.78, 5) is 37.5. The molecule has 1 fully saturated rings. The van der Waals surface area contributed by atoms with E-state index in [1.165, 1.54) is 6.33 Å². The van der Waals surface area contributed by atoms with Crippen LogP contribution in [0.15, 0.2) is 55.1 Å². The number of methoxy groups -OCH3 is 1. The first-order valence-electron chi connectivity index (χ1n) is 10.1. The van der Waals surface area contributed by atoms with Crippen LogP contribution in [0.5, 0.6) is 5.75 Å². The minimum Gasteiger partial charge on any atom is -0.495 e. The fourth-order valence-electron chi connectivity index (χ4n) is 3.56. The zero-order valence-electron chi connectivity index (χ0n) is 17.3. The SMILES string of the molecule is COc1ccc(C(=O)NC2CC2)cc1-n1cnc2c(-c3cccc(C(N)=O)c3)ncnc21. The number of carbonyl (C=O) groups is 2. The van der Waals surface area contributed by atoms with E-state index in [2.05, 4.69) is 20.3 Å². The summed E-state index contributed by atoms with van der Waals surface area (Å²) >= 11 is 0. The topological polar surface area (TPSA) is 125 Å². The molecular formula is C23H20N6O3. The van der Waals surface area contributed by atoms with Crippen LogP contribution in [-0.2, 0) is 0 Å². The van der Waals surface area contributed by atoms with Crippen molar-refractivity contribution in [3.63, 3.8) is 0 Å². The predicted octanol–water partition coefficient (Wildman–Crippen LogP) is 2.48. The number of rotatable bonds is 6. The van der Waals surface area contributed by atoms with Crippen LogP contribution in [0.1, 0.15) is 33.6 Å². The Kier molecular flexibility index (Phi) is 4.78. The smallest absolute Gasteiger partial charge is 0.251 e. The lowest BCUT2D eigenvalue weighted by molar-refractivity contribution is 0.0949. The normalized spacial score (nSPS) is 13.2. The Labute approximate surface area is 183 Å². The summed E-state index contributed by atoms with van der Waals surface area (Å²) in [6.45, 7) is 0. The Morgan fingerprint density at radius 3 is 2.69 bits per heavy atom. The molecule has 5 rings (SSSR count). The Morgan fingerprint density at radius 2 is 1.94 bits per heavy atom. The highest BCUT2D eigenvalue weighted by Gasteiger charge is 2.24. The van der Waals surface area contributed by atoms with E-state index in [0.29, 0.717) is 45.0 Å². The van der Waals surface area contributed by atoms with Gasteiger partial charge in [-0.3, -0.25) is 14.2 Å². The van der Waals surface area contributed by atoms with Crippen molar-refractivity contribution in [3.8, 4) is 22.7 Å². The largest absolute Gasteiger partial charge is 0.495 e. The molecule has 2 aromatic carbocycles. The fraction of sp³-hybridized carbons (Fsp3) is 0.174. The Morgan fingerprint density at radius 1 is 1.09 bits per heavy atom. The molecule has 2 amide bonds. The number of nitrogens with one attached hydrogen (secondary N) is 1. The summed E-state index contributed by atoms with van der Waals surface area (Å²) < 4.78 is 7.28. The van der Waals surface area contributed by atoms with Crippen LogP contribution in [0.2, 0.25) is 0 Å². The van der Waals surface area contributed by atoms with Crippen molar-refractivity contribution in [1.82, 2.24) is 24.8 Å². The minimum absolute atomic E-state index is 0.126. The number of imidazole rings is 1. The van der Waals surface area contributed by atoms with E-state index in [-0.39, 0.29) is 11.9 Å². The second-order valence-corrected chi connectivity index (χ2v) is 7.59. The zero-order chi connectivity index (χ0) is 22.2. The molecule has 160 valence electrons. The van der Waals surface area contributed by atoms with Gasteiger partial charge in [-0.15, -0.1) is 0 Å². The number of fused-ring (bicyclic) bond motifs is 1. The van der Waals surface area contributed by atoms with E-state index >= 15 is 0 Å². The van der Waals surface area contributed by atoms with Crippen LogP contribution in [-0.4, -0.2) is 44.5 Å². The van der Waals surface area contributed by atoms with Crippen molar-refractivity contribution in [1.29, 1.82) is 0 Å². The van der Waals surface area contributed by atoms with E-state index in [0.717, 1.165) is 12.8 Å². The van der Waals surface area contributed by atoms with Crippen LogP contribution in [0.4, 0.5) is 0 Å². The molecular weight excluding hydrogens is 408 g/mol. The van der Waals surface area contributed by atoms with Gasteiger partial charge in [-0.25, -0.2) is 15.0 Å². The number of hydrogen-bond acceptors (Lipinski definition) is 6. The predicted molar refractivity (Wildman–Crippen MR) is 118 cm³/mol. The third kappa shape index (κ3) is 3.53. The maximum Gasteiger partial charge on any atom is 0.251 e. The average molecular weight is 428 g/mol. The molecule has 0 radical (unpaired) electrons. The van der Waals surface area contributed by atoms with Gasteiger partial charge in [0, 0.05) is 22.7 Å². The number of amides is 2. The average Bonchev–Trinajstić information content (AvgIpc) is 3.53. The molecule has 4 aromatic rings. The van der Waals surface area contributed by atoms with Crippen molar-refractivity contribution in [2.24, 2.45) is 5.73 Å². The van der Waals surface area contributed by atoms with E-state index in [1.807, 2.05) is 6.07 Å². The first-order chi connectivity index (χ1) is 15.5. The van der Waals surface area contributed by atoms with Gasteiger partial charge in [0.05, 0.1) is 12.8 Å². The number of primary amides is 1. The monoisotopic (exact) mass is 428 g/mol. The molecule has 0 atom stereocenters. The highest BCUT2D eigenvalue weighted by atomic mass is 16.5. The molecule has 1 aliphatic rings. The zero-order valence-corrected chi connectivity index (χ0v) is 17.3. The lowest BCUT2D eigenvalue weighted by atomic mass is 10.1. The Bertz CT molecular complexity index is 1360. The van der Waals surface area contributed by atoms with E-state index in [4.69, 9.17) is 10.5 Å². The number of hydrogen-bond donors (Lipinski definition) is 2. The summed E-state index contributed by atoms with van der Waals surface area (Å²) in [6, 6.07) is 12.4. The van der Waals surface area contributed by atoms with Crippen molar-refractivity contribution in [3.05, 3.63) is 66.2 Å². The molecule has 9 nitrogen and oxygen atoms in total. The summed E-state index contributed by atoms with van der Waals surface area (Å²) in [6.07, 6.45) is 5.07. The van der Waals surface area contributed by atoms with Gasteiger partial charge in [0.2, 0.25) is 5.91 Å².